The van der Waals surface area contributed by atoms with Crippen molar-refractivity contribution in [3.05, 3.63) is 107 Å². The smallest absolute Gasteiger partial charge is 0.223 e. The third-order valence-electron chi connectivity index (χ3n) is 6.88. The molecule has 4 N–H and O–H groups in total. The molecule has 2 atom stereocenters. The Morgan fingerprint density at radius 2 is 1.67 bits per heavy atom. The van der Waals surface area contributed by atoms with Crippen LogP contribution >= 0.6 is 0 Å². The number of para-hydroxylation sites is 1. The topological polar surface area (TPSA) is 99.4 Å². The fourth-order valence-electron chi connectivity index (χ4n) is 4.74. The molecule has 0 saturated heterocycles. The molecule has 0 fully saturated rings. The first-order valence-electron chi connectivity index (χ1n) is 13.1. The van der Waals surface area contributed by atoms with Gasteiger partial charge >= 0.3 is 0 Å². The molecule has 1 heterocycles. The molecule has 8 heteroatoms. The van der Waals surface area contributed by atoms with Gasteiger partial charge in [-0.3, -0.25) is 9.59 Å². The highest BCUT2D eigenvalue weighted by Crippen LogP contribution is 2.20. The Morgan fingerprint density at radius 1 is 0.949 bits per heavy atom. The van der Waals surface area contributed by atoms with Crippen LogP contribution in [0, 0.1) is 11.6 Å². The number of nitrogens with one attached hydrogen (secondary N) is 1. The standard InChI is InChI=1S/C31H33F2N3O3/c1-2-20-6-5-7-21(12-20)18-36(19-30(38)27(34)15-22-13-23(32)16-24(33)14-22)31(39)11-10-29(37)26-17-35-28-9-4-3-8-25(26)28/h3-9,12-14,16-17,27,30,35,38H,2,10-11,15,18-19,34H2,1H3. The van der Waals surface area contributed by atoms with Gasteiger partial charge in [-0.2, -0.15) is 0 Å². The first-order valence-corrected chi connectivity index (χ1v) is 13.1. The lowest BCUT2D eigenvalue weighted by Crippen LogP contribution is -2.46. The van der Waals surface area contributed by atoms with Gasteiger partial charge < -0.3 is 20.7 Å². The van der Waals surface area contributed by atoms with Gasteiger partial charge in [0.05, 0.1) is 6.10 Å². The SMILES string of the molecule is CCc1cccc(CN(CC(O)C(N)Cc2cc(F)cc(F)c2)C(=O)CCC(=O)c2c[nH]c3ccccc23)c1. The van der Waals surface area contributed by atoms with Crippen molar-refractivity contribution in [1.82, 2.24) is 9.88 Å². The van der Waals surface area contributed by atoms with Gasteiger partial charge in [-0.25, -0.2) is 8.78 Å². The molecule has 2 unspecified atom stereocenters. The number of rotatable bonds is 12. The molecule has 3 aromatic carbocycles. The van der Waals surface area contributed by atoms with Gasteiger partial charge in [0.25, 0.3) is 0 Å². The minimum atomic E-state index is -1.15. The molecule has 4 aromatic rings. The van der Waals surface area contributed by atoms with Crippen LogP contribution in [0.3, 0.4) is 0 Å². The van der Waals surface area contributed by atoms with Crippen LogP contribution in [0.15, 0.2) is 72.9 Å². The van der Waals surface area contributed by atoms with Gasteiger partial charge in [0.1, 0.15) is 11.6 Å². The Morgan fingerprint density at radius 3 is 2.41 bits per heavy atom. The summed E-state index contributed by atoms with van der Waals surface area (Å²) in [4.78, 5) is 30.9. The first kappa shape index (κ1) is 28.1. The van der Waals surface area contributed by atoms with E-state index in [0.29, 0.717) is 11.1 Å². The molecular formula is C31H33F2N3O3. The quantitative estimate of drug-likeness (QED) is 0.225. The Kier molecular flexibility index (Phi) is 9.22. The number of hydrogen-bond acceptors (Lipinski definition) is 4. The number of nitrogens with two attached hydrogens (primary N) is 1. The van der Waals surface area contributed by atoms with E-state index in [4.69, 9.17) is 5.73 Å². The fraction of sp³-hybridized carbons (Fsp3) is 0.290. The van der Waals surface area contributed by atoms with Crippen LogP contribution in [0.4, 0.5) is 8.78 Å². The summed E-state index contributed by atoms with van der Waals surface area (Å²) in [5.41, 5.74) is 9.88. The number of aromatic amines is 1. The van der Waals surface area contributed by atoms with Crippen molar-refractivity contribution in [1.29, 1.82) is 0 Å². The van der Waals surface area contributed by atoms with Crippen LogP contribution in [0.25, 0.3) is 10.9 Å². The molecule has 0 saturated carbocycles. The minimum Gasteiger partial charge on any atom is -0.390 e. The summed E-state index contributed by atoms with van der Waals surface area (Å²) in [6.45, 7) is 2.18. The molecule has 0 bridgehead atoms. The number of halogens is 2. The molecule has 204 valence electrons. The van der Waals surface area contributed by atoms with Gasteiger partial charge in [-0.1, -0.05) is 49.4 Å². The van der Waals surface area contributed by atoms with Crippen molar-refractivity contribution in [3.63, 3.8) is 0 Å². The van der Waals surface area contributed by atoms with Crippen LogP contribution in [0.2, 0.25) is 0 Å². The zero-order valence-corrected chi connectivity index (χ0v) is 21.9. The summed E-state index contributed by atoms with van der Waals surface area (Å²) in [5, 5.41) is 11.7. The zero-order chi connectivity index (χ0) is 27.9. The number of nitrogens with zero attached hydrogens (tertiary/aromatic N) is 1. The number of benzene rings is 3. The van der Waals surface area contributed by atoms with Crippen LogP contribution in [0.5, 0.6) is 0 Å². The third kappa shape index (κ3) is 7.37. The van der Waals surface area contributed by atoms with E-state index < -0.39 is 23.8 Å². The maximum Gasteiger partial charge on any atom is 0.223 e. The number of fused-ring (bicyclic) bond motifs is 1. The van der Waals surface area contributed by atoms with Crippen molar-refractivity contribution >= 4 is 22.6 Å². The van der Waals surface area contributed by atoms with E-state index in [1.54, 1.807) is 6.20 Å². The summed E-state index contributed by atoms with van der Waals surface area (Å²) in [6.07, 6.45) is 1.34. The van der Waals surface area contributed by atoms with Gasteiger partial charge in [-0.05, 0) is 47.7 Å². The molecule has 39 heavy (non-hydrogen) atoms. The van der Waals surface area contributed by atoms with E-state index in [1.165, 1.54) is 17.0 Å². The second kappa shape index (κ2) is 12.8. The maximum absolute atomic E-state index is 13.6. The number of hydrogen-bond donors (Lipinski definition) is 3. The fourth-order valence-corrected chi connectivity index (χ4v) is 4.74. The molecule has 0 radical (unpaired) electrons. The summed E-state index contributed by atoms with van der Waals surface area (Å²) in [7, 11) is 0. The number of aromatic nitrogens is 1. The Bertz CT molecular complexity index is 1430. The highest BCUT2D eigenvalue weighted by Gasteiger charge is 2.24. The predicted molar refractivity (Wildman–Crippen MR) is 147 cm³/mol. The summed E-state index contributed by atoms with van der Waals surface area (Å²) >= 11 is 0. The van der Waals surface area contributed by atoms with Crippen molar-refractivity contribution in [2.24, 2.45) is 5.73 Å². The van der Waals surface area contributed by atoms with Crippen molar-refractivity contribution in [2.75, 3.05) is 6.54 Å². The van der Waals surface area contributed by atoms with Crippen LogP contribution in [-0.4, -0.2) is 45.4 Å². The number of carbonyl (C=O) groups is 2. The number of H-pyrrole nitrogens is 1. The van der Waals surface area contributed by atoms with Gasteiger partial charge in [0, 0.05) is 60.7 Å². The average molecular weight is 534 g/mol. The first-order chi connectivity index (χ1) is 18.7. The summed E-state index contributed by atoms with van der Waals surface area (Å²) < 4.78 is 27.2. The molecule has 1 aromatic heterocycles. The number of carbonyl (C=O) groups excluding carboxylic acids is 2. The lowest BCUT2D eigenvalue weighted by Gasteiger charge is -2.28. The largest absolute Gasteiger partial charge is 0.390 e. The van der Waals surface area contributed by atoms with Crippen molar-refractivity contribution in [2.45, 2.75) is 51.3 Å². The molecule has 0 aliphatic heterocycles. The maximum atomic E-state index is 13.6. The number of amides is 1. The number of aryl methyl sites for hydroxylation is 1. The number of ketones is 1. The molecule has 0 aliphatic carbocycles. The number of aliphatic hydroxyl groups excluding tert-OH is 1. The van der Waals surface area contributed by atoms with E-state index in [2.05, 4.69) is 4.98 Å². The number of aliphatic hydroxyl groups is 1. The Labute approximate surface area is 226 Å². The second-order valence-electron chi connectivity index (χ2n) is 9.83. The van der Waals surface area contributed by atoms with E-state index in [9.17, 15) is 23.5 Å². The van der Waals surface area contributed by atoms with Crippen molar-refractivity contribution < 1.29 is 23.5 Å². The number of Topliss-reactive ketones (excluding diaryl/α,β-unsaturated/α-hetero) is 1. The highest BCUT2D eigenvalue weighted by molar-refractivity contribution is 6.08. The van der Waals surface area contributed by atoms with Crippen molar-refractivity contribution in [3.8, 4) is 0 Å². The summed E-state index contributed by atoms with van der Waals surface area (Å²) in [5.74, 6) is -1.90. The minimum absolute atomic E-state index is 0.0108. The zero-order valence-electron chi connectivity index (χ0n) is 21.9. The third-order valence-corrected chi connectivity index (χ3v) is 6.88. The monoisotopic (exact) mass is 533 g/mol. The van der Waals surface area contributed by atoms with Gasteiger partial charge in [-0.15, -0.1) is 0 Å². The van der Waals surface area contributed by atoms with Gasteiger partial charge in [0.2, 0.25) is 5.91 Å². The molecule has 1 amide bonds. The predicted octanol–water partition coefficient (Wildman–Crippen LogP) is 4.93. The average Bonchev–Trinajstić information content (AvgIpc) is 3.35. The lowest BCUT2D eigenvalue weighted by molar-refractivity contribution is -0.133. The molecule has 6 nitrogen and oxygen atoms in total. The van der Waals surface area contributed by atoms with E-state index in [-0.39, 0.29) is 44.0 Å². The second-order valence-corrected chi connectivity index (χ2v) is 9.83. The Balaban J connectivity index is 1.46. The molecule has 0 aliphatic rings. The Hall–Kier alpha value is -3.88. The lowest BCUT2D eigenvalue weighted by atomic mass is 10.0. The van der Waals surface area contributed by atoms with Crippen LogP contribution in [0.1, 0.15) is 46.8 Å². The van der Waals surface area contributed by atoms with Crippen LogP contribution in [-0.2, 0) is 24.2 Å². The molecule has 0 spiro atoms. The van der Waals surface area contributed by atoms with Gasteiger partial charge in [0.15, 0.2) is 5.78 Å². The molecular weight excluding hydrogens is 500 g/mol. The van der Waals surface area contributed by atoms with E-state index >= 15 is 0 Å². The van der Waals surface area contributed by atoms with E-state index in [0.717, 1.165) is 34.5 Å². The summed E-state index contributed by atoms with van der Waals surface area (Å²) in [6, 6.07) is 17.5. The van der Waals surface area contributed by atoms with E-state index in [1.807, 2.05) is 55.5 Å². The molecule has 4 rings (SSSR count). The van der Waals surface area contributed by atoms with Crippen LogP contribution < -0.4 is 5.73 Å². The normalized spacial score (nSPS) is 12.8. The highest BCUT2D eigenvalue weighted by atomic mass is 19.1.